The maximum atomic E-state index is 13.7. The van der Waals surface area contributed by atoms with Crippen molar-refractivity contribution in [1.29, 1.82) is 0 Å². The Hall–Kier alpha value is -3.00. The van der Waals surface area contributed by atoms with Gasteiger partial charge in [-0.3, -0.25) is 0 Å². The number of hydrogen-bond acceptors (Lipinski definition) is 7. The fraction of sp³-hybridized carbons (Fsp3) is 0.348. The highest BCUT2D eigenvalue weighted by Crippen LogP contribution is 2.39. The Morgan fingerprint density at radius 1 is 1.03 bits per heavy atom. The van der Waals surface area contributed by atoms with Crippen molar-refractivity contribution in [2.75, 3.05) is 31.2 Å². The zero-order valence-electron chi connectivity index (χ0n) is 17.3. The van der Waals surface area contributed by atoms with Gasteiger partial charge in [0.2, 0.25) is 26.6 Å². The Kier molecular flexibility index (Phi) is 5.09. The quantitative estimate of drug-likeness (QED) is 0.602. The largest absolute Gasteiger partial charge is 0.486 e. The van der Waals surface area contributed by atoms with Gasteiger partial charge in [0.05, 0.1) is 4.90 Å². The van der Waals surface area contributed by atoms with Gasteiger partial charge in [0.15, 0.2) is 11.5 Å². The second kappa shape index (κ2) is 7.92. The third-order valence-corrected chi connectivity index (χ3v) is 7.27. The standard InChI is InChI=1S/C23H24N2O5S/c1-16-6-5-11-25(15-16)23-22(24-21(30-23)17-7-3-2-4-8-17)31(26,27)18-9-10-19-20(14-18)29-13-12-28-19/h2-4,7-10,14,16H,5-6,11-13,15H2,1H3. The molecule has 1 fully saturated rings. The molecule has 0 radical (unpaired) electrons. The van der Waals surface area contributed by atoms with Crippen molar-refractivity contribution in [3.8, 4) is 23.0 Å². The molecule has 0 saturated carbocycles. The van der Waals surface area contributed by atoms with E-state index >= 15 is 0 Å². The summed E-state index contributed by atoms with van der Waals surface area (Å²) in [6.45, 7) is 4.45. The fourth-order valence-corrected chi connectivity index (χ4v) is 5.39. The number of piperidine rings is 1. The lowest BCUT2D eigenvalue weighted by molar-refractivity contribution is 0.171. The lowest BCUT2D eigenvalue weighted by atomic mass is 10.0. The van der Waals surface area contributed by atoms with Gasteiger partial charge >= 0.3 is 0 Å². The second-order valence-electron chi connectivity index (χ2n) is 8.00. The van der Waals surface area contributed by atoms with Crippen LogP contribution in [0.5, 0.6) is 11.5 Å². The third kappa shape index (κ3) is 3.76. The van der Waals surface area contributed by atoms with Gasteiger partial charge in [-0.25, -0.2) is 8.42 Å². The molecule has 31 heavy (non-hydrogen) atoms. The number of ether oxygens (including phenoxy) is 2. The molecular formula is C23H24N2O5S. The molecule has 162 valence electrons. The summed E-state index contributed by atoms with van der Waals surface area (Å²) in [7, 11) is -3.94. The second-order valence-corrected chi connectivity index (χ2v) is 9.86. The predicted molar refractivity (Wildman–Crippen MR) is 115 cm³/mol. The first kappa shape index (κ1) is 19.9. The highest BCUT2D eigenvalue weighted by molar-refractivity contribution is 7.91. The van der Waals surface area contributed by atoms with E-state index in [9.17, 15) is 8.42 Å². The average Bonchev–Trinajstić information content (AvgIpc) is 3.26. The monoisotopic (exact) mass is 440 g/mol. The molecule has 0 spiro atoms. The van der Waals surface area contributed by atoms with Crippen LogP contribution in [0.25, 0.3) is 11.5 Å². The number of anilines is 1. The molecule has 8 heteroatoms. The van der Waals surface area contributed by atoms with Crippen LogP contribution in [0, 0.1) is 5.92 Å². The maximum Gasteiger partial charge on any atom is 0.236 e. The number of fused-ring (bicyclic) bond motifs is 1. The maximum absolute atomic E-state index is 13.7. The summed E-state index contributed by atoms with van der Waals surface area (Å²) in [4.78, 5) is 6.58. The van der Waals surface area contributed by atoms with E-state index in [1.807, 2.05) is 35.2 Å². The Morgan fingerprint density at radius 2 is 1.81 bits per heavy atom. The van der Waals surface area contributed by atoms with Crippen molar-refractivity contribution in [2.24, 2.45) is 5.92 Å². The first-order chi connectivity index (χ1) is 15.0. The Bertz CT molecular complexity index is 1190. The van der Waals surface area contributed by atoms with Gasteiger partial charge in [0, 0.05) is 24.7 Å². The van der Waals surface area contributed by atoms with Gasteiger partial charge in [0.1, 0.15) is 13.2 Å². The molecule has 0 N–H and O–H groups in total. The SMILES string of the molecule is CC1CCCN(c2oc(-c3ccccc3)nc2S(=O)(=O)c2ccc3c(c2)OCCO3)C1. The molecule has 1 aromatic heterocycles. The molecule has 2 aliphatic rings. The summed E-state index contributed by atoms with van der Waals surface area (Å²) >= 11 is 0. The van der Waals surface area contributed by atoms with Gasteiger partial charge in [-0.2, -0.15) is 4.98 Å². The number of sulfone groups is 1. The molecule has 1 atom stereocenters. The number of benzene rings is 2. The van der Waals surface area contributed by atoms with Crippen LogP contribution in [0.3, 0.4) is 0 Å². The van der Waals surface area contributed by atoms with Crippen molar-refractivity contribution in [2.45, 2.75) is 29.7 Å². The van der Waals surface area contributed by atoms with E-state index < -0.39 is 9.84 Å². The first-order valence-corrected chi connectivity index (χ1v) is 12.0. The van der Waals surface area contributed by atoms with Crippen molar-refractivity contribution < 1.29 is 22.3 Å². The highest BCUT2D eigenvalue weighted by atomic mass is 32.2. The summed E-state index contributed by atoms with van der Waals surface area (Å²) in [5, 5.41) is -0.0582. The zero-order chi connectivity index (χ0) is 21.4. The molecule has 1 unspecified atom stereocenters. The minimum Gasteiger partial charge on any atom is -0.486 e. The summed E-state index contributed by atoms with van der Waals surface area (Å²) in [6, 6.07) is 14.0. The lowest BCUT2D eigenvalue weighted by Crippen LogP contribution is -2.34. The lowest BCUT2D eigenvalue weighted by Gasteiger charge is -2.30. The number of oxazole rings is 1. The number of nitrogens with zero attached hydrogens (tertiary/aromatic N) is 2. The molecule has 0 amide bonds. The summed E-state index contributed by atoms with van der Waals surface area (Å²) in [5.41, 5.74) is 0.734. The molecule has 1 saturated heterocycles. The summed E-state index contributed by atoms with van der Waals surface area (Å²) in [5.74, 6) is 2.02. The fourth-order valence-electron chi connectivity index (χ4n) is 4.05. The van der Waals surface area contributed by atoms with E-state index in [0.29, 0.717) is 42.4 Å². The topological polar surface area (TPSA) is 81.9 Å². The first-order valence-electron chi connectivity index (χ1n) is 10.5. The van der Waals surface area contributed by atoms with Crippen molar-refractivity contribution in [3.05, 3.63) is 48.5 Å². The zero-order valence-corrected chi connectivity index (χ0v) is 18.1. The molecule has 5 rings (SSSR count). The van der Waals surface area contributed by atoms with Crippen LogP contribution in [0.1, 0.15) is 19.8 Å². The van der Waals surface area contributed by atoms with Gasteiger partial charge in [-0.1, -0.05) is 25.1 Å². The van der Waals surface area contributed by atoms with E-state index in [1.165, 1.54) is 12.1 Å². The van der Waals surface area contributed by atoms with Crippen LogP contribution in [0.15, 0.2) is 62.9 Å². The van der Waals surface area contributed by atoms with Crippen LogP contribution >= 0.6 is 0 Å². The van der Waals surface area contributed by atoms with Crippen molar-refractivity contribution in [3.63, 3.8) is 0 Å². The Morgan fingerprint density at radius 3 is 2.58 bits per heavy atom. The Balaban J connectivity index is 1.62. The van der Waals surface area contributed by atoms with E-state index in [-0.39, 0.29) is 9.92 Å². The predicted octanol–water partition coefficient (Wildman–Crippen LogP) is 4.18. The highest BCUT2D eigenvalue weighted by Gasteiger charge is 2.33. The number of aromatic nitrogens is 1. The normalized spacial score (nSPS) is 18.7. The van der Waals surface area contributed by atoms with Crippen LogP contribution in [0.2, 0.25) is 0 Å². The van der Waals surface area contributed by atoms with Crippen LogP contribution in [0.4, 0.5) is 5.88 Å². The molecule has 3 aromatic rings. The van der Waals surface area contributed by atoms with Gasteiger partial charge in [0.25, 0.3) is 0 Å². The van der Waals surface area contributed by atoms with Crippen molar-refractivity contribution in [1.82, 2.24) is 4.98 Å². The molecular weight excluding hydrogens is 416 g/mol. The molecule has 3 heterocycles. The van der Waals surface area contributed by atoms with Crippen LogP contribution < -0.4 is 14.4 Å². The summed E-state index contributed by atoms with van der Waals surface area (Å²) in [6.07, 6.45) is 2.09. The van der Waals surface area contributed by atoms with Gasteiger partial charge in [-0.15, -0.1) is 0 Å². The average molecular weight is 441 g/mol. The molecule has 0 bridgehead atoms. The number of rotatable bonds is 4. The molecule has 7 nitrogen and oxygen atoms in total. The van der Waals surface area contributed by atoms with Gasteiger partial charge in [-0.05, 0) is 43.0 Å². The molecule has 0 aliphatic carbocycles. The summed E-state index contributed by atoms with van der Waals surface area (Å²) < 4.78 is 44.5. The van der Waals surface area contributed by atoms with Gasteiger partial charge < -0.3 is 18.8 Å². The van der Waals surface area contributed by atoms with Crippen molar-refractivity contribution >= 4 is 15.7 Å². The van der Waals surface area contributed by atoms with E-state index in [1.54, 1.807) is 6.07 Å². The van der Waals surface area contributed by atoms with Crippen LogP contribution in [-0.4, -0.2) is 39.7 Å². The minimum atomic E-state index is -3.94. The Labute approximate surface area is 181 Å². The van der Waals surface area contributed by atoms with E-state index in [2.05, 4.69) is 11.9 Å². The smallest absolute Gasteiger partial charge is 0.236 e. The molecule has 2 aromatic carbocycles. The molecule has 2 aliphatic heterocycles. The third-order valence-electron chi connectivity index (χ3n) is 5.62. The minimum absolute atomic E-state index is 0.0582. The number of hydrogen-bond donors (Lipinski definition) is 0. The van der Waals surface area contributed by atoms with E-state index in [0.717, 1.165) is 31.5 Å². The van der Waals surface area contributed by atoms with Crippen LogP contribution in [-0.2, 0) is 9.84 Å². The van der Waals surface area contributed by atoms with E-state index in [4.69, 9.17) is 13.9 Å².